The molecule has 3 atom stereocenters. The zero-order valence-corrected chi connectivity index (χ0v) is 36.7. The van der Waals surface area contributed by atoms with Gasteiger partial charge in [-0.2, -0.15) is 0 Å². The molecule has 0 aromatic heterocycles. The molecule has 5 nitrogen and oxygen atoms in total. The highest BCUT2D eigenvalue weighted by atomic mass is 28.4. The van der Waals surface area contributed by atoms with Crippen molar-refractivity contribution in [2.75, 3.05) is 7.11 Å². The maximum absolute atomic E-state index is 11.7. The predicted octanol–water partition coefficient (Wildman–Crippen LogP) is 11.8. The maximum Gasteiger partial charge on any atom is 0.305 e. The Balaban J connectivity index is 5.62. The molecular weight excluding hydrogens is 633 g/mol. The molecule has 0 amide bonds. The zero-order valence-electron chi connectivity index (χ0n) is 33.7. The minimum Gasteiger partial charge on any atom is -0.469 e. The molecular formula is C39H74O5Si3. The van der Waals surface area contributed by atoms with Gasteiger partial charge in [0.25, 0.3) is 0 Å². The monoisotopic (exact) mass is 706 g/mol. The Bertz CT molecular complexity index is 1070. The van der Waals surface area contributed by atoms with Crippen molar-refractivity contribution >= 4 is 30.9 Å². The van der Waals surface area contributed by atoms with Gasteiger partial charge in [-0.1, -0.05) is 111 Å². The fraction of sp³-hybridized carbons (Fsp3) is 0.769. The molecule has 0 bridgehead atoms. The van der Waals surface area contributed by atoms with Crippen molar-refractivity contribution in [3.05, 3.63) is 36.5 Å². The molecule has 0 aliphatic carbocycles. The fourth-order valence-electron chi connectivity index (χ4n) is 3.91. The number of carbonyl (C=O) groups is 1. The minimum atomic E-state index is -2.01. The van der Waals surface area contributed by atoms with Crippen LogP contribution in [-0.4, -0.2) is 56.3 Å². The average molecular weight is 707 g/mol. The lowest BCUT2D eigenvalue weighted by Crippen LogP contribution is -2.43. The molecule has 0 saturated carbocycles. The number of hydrogen-bond donors (Lipinski definition) is 0. The molecule has 0 aromatic carbocycles. The van der Waals surface area contributed by atoms with E-state index in [1.165, 1.54) is 7.11 Å². The third-order valence-electron chi connectivity index (χ3n) is 10.3. The van der Waals surface area contributed by atoms with Gasteiger partial charge in [-0.05, 0) is 99.0 Å². The first kappa shape index (κ1) is 45.8. The molecule has 0 spiro atoms. The van der Waals surface area contributed by atoms with Crippen LogP contribution in [0.2, 0.25) is 54.4 Å². The number of esters is 1. The van der Waals surface area contributed by atoms with Crippen molar-refractivity contribution < 1.29 is 22.8 Å². The second-order valence-corrected chi connectivity index (χ2v) is 31.7. The largest absolute Gasteiger partial charge is 0.469 e. The van der Waals surface area contributed by atoms with Gasteiger partial charge in [-0.15, -0.1) is 0 Å². The highest BCUT2D eigenvalue weighted by Crippen LogP contribution is 2.39. The lowest BCUT2D eigenvalue weighted by molar-refractivity contribution is -0.140. The number of allylic oxidation sites excluding steroid dienone is 4. The van der Waals surface area contributed by atoms with Crippen LogP contribution in [0, 0.1) is 11.8 Å². The van der Waals surface area contributed by atoms with Crippen LogP contribution < -0.4 is 0 Å². The van der Waals surface area contributed by atoms with E-state index in [-0.39, 0.29) is 39.4 Å². The Hall–Kier alpha value is -1.22. The van der Waals surface area contributed by atoms with Crippen molar-refractivity contribution in [3.63, 3.8) is 0 Å². The smallest absolute Gasteiger partial charge is 0.305 e. The number of ether oxygens (including phenoxy) is 1. The molecule has 8 heteroatoms. The van der Waals surface area contributed by atoms with Gasteiger partial charge in [0.1, 0.15) is 6.10 Å². The fourth-order valence-corrected chi connectivity index (χ4v) is 7.81. The minimum absolute atomic E-state index is 0.0559. The van der Waals surface area contributed by atoms with Crippen LogP contribution in [0.3, 0.4) is 0 Å². The molecule has 0 aliphatic rings. The standard InChI is InChI=1S/C39H74O5Si3/c1-18-33(42-45(12,13)37(2,3)4)27-24-21-25-30-34(43-46(14,15)38(5,6)7)28-22-19-20-23-29-35(31-26-32-36(40)41-11)44-47(16,17)39(8,9)10/h19-20,22,24,27-28,33-35H,18,21,25-26,30-32H2,1-17H3/t33-,34+,35-/m1/s1. The van der Waals surface area contributed by atoms with Gasteiger partial charge in [0.2, 0.25) is 0 Å². The molecule has 272 valence electrons. The zero-order chi connectivity index (χ0) is 36.7. The van der Waals surface area contributed by atoms with E-state index < -0.39 is 25.0 Å². The molecule has 0 rings (SSSR count). The molecule has 0 fully saturated rings. The summed E-state index contributed by atoms with van der Waals surface area (Å²) < 4.78 is 24.9. The molecule has 0 N–H and O–H groups in total. The second-order valence-electron chi connectivity index (χ2n) is 17.5. The normalized spacial score (nSPS) is 16.0. The van der Waals surface area contributed by atoms with Crippen LogP contribution in [0.4, 0.5) is 0 Å². The lowest BCUT2D eigenvalue weighted by Gasteiger charge is -2.38. The van der Waals surface area contributed by atoms with Gasteiger partial charge in [-0.3, -0.25) is 4.79 Å². The van der Waals surface area contributed by atoms with Crippen LogP contribution in [0.15, 0.2) is 36.5 Å². The van der Waals surface area contributed by atoms with Crippen LogP contribution in [0.25, 0.3) is 0 Å². The highest BCUT2D eigenvalue weighted by molar-refractivity contribution is 6.75. The van der Waals surface area contributed by atoms with Gasteiger partial charge in [0.15, 0.2) is 25.0 Å². The average Bonchev–Trinajstić information content (AvgIpc) is 2.91. The van der Waals surface area contributed by atoms with Crippen LogP contribution in [-0.2, 0) is 22.8 Å². The highest BCUT2D eigenvalue weighted by Gasteiger charge is 2.40. The van der Waals surface area contributed by atoms with E-state index in [0.29, 0.717) is 19.3 Å². The first-order chi connectivity index (χ1) is 21.3. The Morgan fingerprint density at radius 2 is 1.21 bits per heavy atom. The first-order valence-corrected chi connectivity index (χ1v) is 26.6. The van der Waals surface area contributed by atoms with Gasteiger partial charge >= 0.3 is 5.97 Å². The Morgan fingerprint density at radius 1 is 0.702 bits per heavy atom. The molecule has 47 heavy (non-hydrogen) atoms. The van der Waals surface area contributed by atoms with Crippen LogP contribution in [0.5, 0.6) is 0 Å². The quantitative estimate of drug-likeness (QED) is 0.0355. The van der Waals surface area contributed by atoms with E-state index in [4.69, 9.17) is 18.0 Å². The molecule has 0 aliphatic heterocycles. The van der Waals surface area contributed by atoms with Crippen molar-refractivity contribution in [2.24, 2.45) is 0 Å². The first-order valence-electron chi connectivity index (χ1n) is 17.9. The summed E-state index contributed by atoms with van der Waals surface area (Å²) in [6.07, 6.45) is 18.6. The summed E-state index contributed by atoms with van der Waals surface area (Å²) in [7, 11) is -4.32. The van der Waals surface area contributed by atoms with Crippen LogP contribution in [0.1, 0.15) is 114 Å². The number of methoxy groups -OCH3 is 1. The summed E-state index contributed by atoms with van der Waals surface area (Å²) in [6.45, 7) is 36.4. The number of carbonyl (C=O) groups excluding carboxylic acids is 1. The summed E-state index contributed by atoms with van der Waals surface area (Å²) in [6, 6.07) is 0. The Kier molecular flexibility index (Phi) is 19.3. The van der Waals surface area contributed by atoms with Crippen molar-refractivity contribution in [2.45, 2.75) is 187 Å². The summed E-state index contributed by atoms with van der Waals surface area (Å²) >= 11 is 0. The van der Waals surface area contributed by atoms with E-state index in [9.17, 15) is 4.79 Å². The predicted molar refractivity (Wildman–Crippen MR) is 211 cm³/mol. The molecule has 0 radical (unpaired) electrons. The van der Waals surface area contributed by atoms with Crippen molar-refractivity contribution in [3.8, 4) is 11.8 Å². The van der Waals surface area contributed by atoms with Crippen molar-refractivity contribution in [1.29, 1.82) is 0 Å². The molecule has 0 aromatic rings. The second kappa shape index (κ2) is 19.8. The summed E-state index contributed by atoms with van der Waals surface area (Å²) in [5.41, 5.74) is 0. The van der Waals surface area contributed by atoms with Gasteiger partial charge in [0.05, 0.1) is 19.3 Å². The van der Waals surface area contributed by atoms with E-state index in [1.807, 2.05) is 12.2 Å². The van der Waals surface area contributed by atoms with E-state index in [0.717, 1.165) is 25.7 Å². The Morgan fingerprint density at radius 3 is 1.70 bits per heavy atom. The summed E-state index contributed by atoms with van der Waals surface area (Å²) in [5, 5.41) is 0.433. The number of rotatable bonds is 18. The topological polar surface area (TPSA) is 54.0 Å². The van der Waals surface area contributed by atoms with E-state index in [1.54, 1.807) is 0 Å². The maximum atomic E-state index is 11.7. The summed E-state index contributed by atoms with van der Waals surface area (Å²) in [5.74, 6) is 6.33. The number of unbranched alkanes of at least 4 members (excludes halogenated alkanes) is 1. The van der Waals surface area contributed by atoms with Gasteiger partial charge in [0, 0.05) is 6.42 Å². The van der Waals surface area contributed by atoms with Crippen molar-refractivity contribution in [1.82, 2.24) is 0 Å². The number of hydrogen-bond acceptors (Lipinski definition) is 5. The van der Waals surface area contributed by atoms with Crippen LogP contribution >= 0.6 is 0 Å². The SMILES string of the molecule is CC[C@H](C=CCCC[C@H](C=CC=CC#C[C@H](CCCC(=O)OC)O[Si](C)(C)C(C)(C)C)O[Si](C)(C)C(C)(C)C)O[Si](C)(C)C(C)(C)C. The third-order valence-corrected chi connectivity index (χ3v) is 23.8. The van der Waals surface area contributed by atoms with E-state index in [2.05, 4.69) is 145 Å². The molecule has 0 saturated heterocycles. The summed E-state index contributed by atoms with van der Waals surface area (Å²) in [4.78, 5) is 11.7. The van der Waals surface area contributed by atoms with Gasteiger partial charge < -0.3 is 18.0 Å². The van der Waals surface area contributed by atoms with E-state index >= 15 is 0 Å². The third kappa shape index (κ3) is 17.8. The van der Waals surface area contributed by atoms with Gasteiger partial charge in [-0.25, -0.2) is 0 Å². The lowest BCUT2D eigenvalue weighted by atomic mass is 10.1. The molecule has 0 unspecified atom stereocenters. The molecule has 0 heterocycles. The Labute approximate surface area is 295 Å².